The molecule has 1 heteroatoms. The number of fused-ring (bicyclic) bond motifs is 1. The van der Waals surface area contributed by atoms with Crippen molar-refractivity contribution < 1.29 is 4.74 Å². The van der Waals surface area contributed by atoms with E-state index in [1.165, 1.54) is 16.3 Å². The zero-order valence-corrected chi connectivity index (χ0v) is 14.4. The Labute approximate surface area is 129 Å². The quantitative estimate of drug-likeness (QED) is 0.676. The van der Waals surface area contributed by atoms with E-state index in [0.717, 1.165) is 5.75 Å². The molecular formula is C20H28O. The van der Waals surface area contributed by atoms with Gasteiger partial charge in [-0.25, -0.2) is 0 Å². The van der Waals surface area contributed by atoms with Crippen LogP contribution in [0.25, 0.3) is 10.8 Å². The minimum absolute atomic E-state index is 0.159. The summed E-state index contributed by atoms with van der Waals surface area (Å²) in [7, 11) is 0. The predicted octanol–water partition coefficient (Wildman–Crippen LogP) is 5.95. The first-order chi connectivity index (χ1) is 9.59. The second kappa shape index (κ2) is 5.36. The van der Waals surface area contributed by atoms with Gasteiger partial charge in [-0.05, 0) is 60.6 Å². The van der Waals surface area contributed by atoms with E-state index >= 15 is 0 Å². The van der Waals surface area contributed by atoms with Gasteiger partial charge in [-0.2, -0.15) is 0 Å². The highest BCUT2D eigenvalue weighted by atomic mass is 16.5. The van der Waals surface area contributed by atoms with Crippen LogP contribution in [0.2, 0.25) is 0 Å². The molecule has 0 aliphatic heterocycles. The molecule has 2 aromatic carbocycles. The molecule has 0 aliphatic carbocycles. The summed E-state index contributed by atoms with van der Waals surface area (Å²) in [6, 6.07) is 13.1. The number of hydrogen-bond donors (Lipinski definition) is 0. The Morgan fingerprint density at radius 1 is 0.810 bits per heavy atom. The van der Waals surface area contributed by atoms with Crippen molar-refractivity contribution in [3.8, 4) is 5.75 Å². The Morgan fingerprint density at radius 3 is 1.95 bits per heavy atom. The molecule has 0 aliphatic rings. The maximum absolute atomic E-state index is 5.95. The average Bonchev–Trinajstić information content (AvgIpc) is 2.35. The molecule has 0 fully saturated rings. The number of rotatable bonds is 3. The zero-order valence-electron chi connectivity index (χ0n) is 14.4. The Hall–Kier alpha value is -1.50. The van der Waals surface area contributed by atoms with Crippen LogP contribution in [0.1, 0.15) is 54.0 Å². The van der Waals surface area contributed by atoms with Crippen LogP contribution >= 0.6 is 0 Å². The molecule has 0 N–H and O–H groups in total. The topological polar surface area (TPSA) is 9.23 Å². The second-order valence-corrected chi connectivity index (χ2v) is 7.81. The minimum atomic E-state index is -0.159. The lowest BCUT2D eigenvalue weighted by Crippen LogP contribution is -2.24. The van der Waals surface area contributed by atoms with Crippen LogP contribution in [0.5, 0.6) is 5.75 Å². The van der Waals surface area contributed by atoms with Crippen LogP contribution in [0.3, 0.4) is 0 Å². The molecule has 2 rings (SSSR count). The first-order valence-electron chi connectivity index (χ1n) is 7.83. The van der Waals surface area contributed by atoms with Crippen molar-refractivity contribution in [2.45, 2.75) is 59.5 Å². The summed E-state index contributed by atoms with van der Waals surface area (Å²) in [5.74, 6) is 1.55. The molecule has 0 bridgehead atoms. The molecule has 1 nitrogen and oxygen atoms in total. The van der Waals surface area contributed by atoms with Crippen molar-refractivity contribution in [1.29, 1.82) is 0 Å². The maximum atomic E-state index is 5.95. The smallest absolute Gasteiger partial charge is 0.120 e. The minimum Gasteiger partial charge on any atom is -0.488 e. The van der Waals surface area contributed by atoms with Gasteiger partial charge in [0.25, 0.3) is 0 Å². The Kier molecular flexibility index (Phi) is 4.06. The first-order valence-corrected chi connectivity index (χ1v) is 7.83. The summed E-state index contributed by atoms with van der Waals surface area (Å²) < 4.78 is 5.95. The Bertz CT molecular complexity index is 630. The van der Waals surface area contributed by atoms with Crippen molar-refractivity contribution in [1.82, 2.24) is 0 Å². The third kappa shape index (κ3) is 3.58. The standard InChI is InChI=1S/C20H28O/c1-14(2)20(6,7)17-10-8-16-13-18(21-19(3,4)5)11-9-15(16)12-17/h8-14H,1-7H3. The zero-order chi connectivity index (χ0) is 15.8. The largest absolute Gasteiger partial charge is 0.488 e. The van der Waals surface area contributed by atoms with Gasteiger partial charge in [0.1, 0.15) is 11.4 Å². The molecule has 0 saturated carbocycles. The number of hydrogen-bond acceptors (Lipinski definition) is 1. The van der Waals surface area contributed by atoms with Crippen LogP contribution < -0.4 is 4.74 Å². The van der Waals surface area contributed by atoms with Crippen LogP contribution in [-0.4, -0.2) is 5.60 Å². The van der Waals surface area contributed by atoms with Gasteiger partial charge in [0.15, 0.2) is 0 Å². The van der Waals surface area contributed by atoms with E-state index in [4.69, 9.17) is 4.74 Å². The maximum Gasteiger partial charge on any atom is 0.120 e. The molecular weight excluding hydrogens is 256 g/mol. The van der Waals surface area contributed by atoms with Gasteiger partial charge in [0, 0.05) is 0 Å². The van der Waals surface area contributed by atoms with E-state index in [-0.39, 0.29) is 11.0 Å². The molecule has 0 atom stereocenters. The Balaban J connectivity index is 2.41. The predicted molar refractivity (Wildman–Crippen MR) is 92.2 cm³/mol. The highest BCUT2D eigenvalue weighted by Crippen LogP contribution is 2.34. The van der Waals surface area contributed by atoms with Crippen LogP contribution in [0, 0.1) is 5.92 Å². The van der Waals surface area contributed by atoms with Crippen LogP contribution in [0.4, 0.5) is 0 Å². The van der Waals surface area contributed by atoms with Crippen molar-refractivity contribution in [3.63, 3.8) is 0 Å². The average molecular weight is 284 g/mol. The van der Waals surface area contributed by atoms with E-state index in [0.29, 0.717) is 5.92 Å². The molecule has 0 spiro atoms. The van der Waals surface area contributed by atoms with Crippen molar-refractivity contribution in [3.05, 3.63) is 42.0 Å². The SMILES string of the molecule is CC(C)C(C)(C)c1ccc2cc(OC(C)(C)C)ccc2c1. The number of ether oxygens (including phenoxy) is 1. The van der Waals surface area contributed by atoms with E-state index in [1.807, 2.05) is 0 Å². The van der Waals surface area contributed by atoms with Gasteiger partial charge in [0.2, 0.25) is 0 Å². The van der Waals surface area contributed by atoms with Crippen molar-refractivity contribution in [2.24, 2.45) is 5.92 Å². The van der Waals surface area contributed by atoms with E-state index in [2.05, 4.69) is 84.9 Å². The monoisotopic (exact) mass is 284 g/mol. The summed E-state index contributed by atoms with van der Waals surface area (Å²) in [6.07, 6.45) is 0. The molecule has 114 valence electrons. The molecule has 0 radical (unpaired) electrons. The molecule has 0 heterocycles. The third-order valence-electron chi connectivity index (χ3n) is 4.42. The summed E-state index contributed by atoms with van der Waals surface area (Å²) in [5, 5.41) is 2.52. The lowest BCUT2D eigenvalue weighted by atomic mass is 9.75. The summed E-state index contributed by atoms with van der Waals surface area (Å²) in [5.41, 5.74) is 1.43. The van der Waals surface area contributed by atoms with Gasteiger partial charge >= 0.3 is 0 Å². The fraction of sp³-hybridized carbons (Fsp3) is 0.500. The fourth-order valence-corrected chi connectivity index (χ4v) is 2.37. The Morgan fingerprint density at radius 2 is 1.38 bits per heavy atom. The lowest BCUT2D eigenvalue weighted by molar-refractivity contribution is 0.131. The summed E-state index contributed by atoms with van der Waals surface area (Å²) >= 11 is 0. The first kappa shape index (κ1) is 15.9. The molecule has 21 heavy (non-hydrogen) atoms. The molecule has 0 aromatic heterocycles. The van der Waals surface area contributed by atoms with Gasteiger partial charge in [0.05, 0.1) is 0 Å². The van der Waals surface area contributed by atoms with E-state index in [1.54, 1.807) is 0 Å². The second-order valence-electron chi connectivity index (χ2n) is 7.81. The fourth-order valence-electron chi connectivity index (χ4n) is 2.37. The highest BCUT2D eigenvalue weighted by molar-refractivity contribution is 5.84. The van der Waals surface area contributed by atoms with Crippen LogP contribution in [0.15, 0.2) is 36.4 Å². The normalized spacial score (nSPS) is 13.0. The van der Waals surface area contributed by atoms with Gasteiger partial charge in [-0.1, -0.05) is 52.0 Å². The van der Waals surface area contributed by atoms with Crippen molar-refractivity contribution >= 4 is 10.8 Å². The van der Waals surface area contributed by atoms with Gasteiger partial charge in [-0.15, -0.1) is 0 Å². The summed E-state index contributed by atoms with van der Waals surface area (Å²) in [6.45, 7) is 15.4. The molecule has 0 saturated heterocycles. The van der Waals surface area contributed by atoms with Crippen molar-refractivity contribution in [2.75, 3.05) is 0 Å². The lowest BCUT2D eigenvalue weighted by Gasteiger charge is -2.30. The van der Waals surface area contributed by atoms with Gasteiger partial charge in [-0.3, -0.25) is 0 Å². The van der Waals surface area contributed by atoms with Crippen LogP contribution in [-0.2, 0) is 5.41 Å². The van der Waals surface area contributed by atoms with E-state index in [9.17, 15) is 0 Å². The molecule has 0 unspecified atom stereocenters. The van der Waals surface area contributed by atoms with Gasteiger partial charge < -0.3 is 4.74 Å². The number of benzene rings is 2. The molecule has 0 amide bonds. The summed E-state index contributed by atoms with van der Waals surface area (Å²) in [4.78, 5) is 0. The third-order valence-corrected chi connectivity index (χ3v) is 4.42. The highest BCUT2D eigenvalue weighted by Gasteiger charge is 2.24. The van der Waals surface area contributed by atoms with E-state index < -0.39 is 0 Å². The molecule has 2 aromatic rings.